The molecule has 0 saturated heterocycles. The highest BCUT2D eigenvalue weighted by atomic mass is 16.5. The Kier molecular flexibility index (Phi) is 7.99. The monoisotopic (exact) mass is 229 g/mol. The van der Waals surface area contributed by atoms with Crippen LogP contribution >= 0.6 is 0 Å². The molecule has 0 saturated carbocycles. The zero-order valence-corrected chi connectivity index (χ0v) is 11.3. The number of guanidine groups is 1. The van der Waals surface area contributed by atoms with E-state index in [0.717, 1.165) is 13.2 Å². The fourth-order valence-corrected chi connectivity index (χ4v) is 1.16. The van der Waals surface area contributed by atoms with Gasteiger partial charge >= 0.3 is 0 Å². The second-order valence-corrected chi connectivity index (χ2v) is 4.77. The highest BCUT2D eigenvalue weighted by Crippen LogP contribution is 2.02. The summed E-state index contributed by atoms with van der Waals surface area (Å²) in [5.74, 6) is 1.52. The van der Waals surface area contributed by atoms with E-state index in [2.05, 4.69) is 38.0 Å². The fraction of sp³-hybridized carbons (Fsp3) is 0.917. The number of hydrogen-bond acceptors (Lipinski definition) is 2. The predicted octanol–water partition coefficient (Wildman–Crippen LogP) is 1.61. The van der Waals surface area contributed by atoms with Crippen molar-refractivity contribution in [2.45, 2.75) is 40.7 Å². The van der Waals surface area contributed by atoms with Gasteiger partial charge in [-0.25, -0.2) is 0 Å². The van der Waals surface area contributed by atoms with Crippen LogP contribution in [0.2, 0.25) is 0 Å². The van der Waals surface area contributed by atoms with Crippen LogP contribution in [-0.4, -0.2) is 31.8 Å². The SMILES string of the molecule is CCOCC(NC(N)=NCC(C)C)C(C)C. The molecule has 0 bridgehead atoms. The molecule has 4 heteroatoms. The van der Waals surface area contributed by atoms with E-state index in [0.29, 0.717) is 24.4 Å². The first-order chi connectivity index (χ1) is 7.47. The largest absolute Gasteiger partial charge is 0.380 e. The first-order valence-corrected chi connectivity index (χ1v) is 6.11. The van der Waals surface area contributed by atoms with Gasteiger partial charge in [-0.3, -0.25) is 4.99 Å². The smallest absolute Gasteiger partial charge is 0.188 e. The molecule has 0 spiro atoms. The van der Waals surface area contributed by atoms with Gasteiger partial charge in [0.25, 0.3) is 0 Å². The Morgan fingerprint density at radius 3 is 2.38 bits per heavy atom. The molecular weight excluding hydrogens is 202 g/mol. The molecule has 0 fully saturated rings. The van der Waals surface area contributed by atoms with Crippen molar-refractivity contribution in [2.24, 2.45) is 22.6 Å². The Morgan fingerprint density at radius 1 is 1.31 bits per heavy atom. The molecule has 96 valence electrons. The van der Waals surface area contributed by atoms with E-state index in [9.17, 15) is 0 Å². The summed E-state index contributed by atoms with van der Waals surface area (Å²) in [5.41, 5.74) is 5.82. The molecule has 0 amide bonds. The van der Waals surface area contributed by atoms with Crippen molar-refractivity contribution in [3.05, 3.63) is 0 Å². The minimum Gasteiger partial charge on any atom is -0.380 e. The summed E-state index contributed by atoms with van der Waals surface area (Å²) < 4.78 is 5.41. The lowest BCUT2D eigenvalue weighted by atomic mass is 10.1. The van der Waals surface area contributed by atoms with E-state index in [4.69, 9.17) is 10.5 Å². The summed E-state index contributed by atoms with van der Waals surface area (Å²) in [4.78, 5) is 4.28. The third-order valence-corrected chi connectivity index (χ3v) is 2.27. The van der Waals surface area contributed by atoms with Crippen molar-refractivity contribution in [2.75, 3.05) is 19.8 Å². The first kappa shape index (κ1) is 15.2. The molecule has 16 heavy (non-hydrogen) atoms. The van der Waals surface area contributed by atoms with Crippen molar-refractivity contribution in [1.82, 2.24) is 5.32 Å². The van der Waals surface area contributed by atoms with Gasteiger partial charge in [0.2, 0.25) is 0 Å². The van der Waals surface area contributed by atoms with Crippen molar-refractivity contribution >= 4 is 5.96 Å². The van der Waals surface area contributed by atoms with Crippen molar-refractivity contribution < 1.29 is 4.74 Å². The van der Waals surface area contributed by atoms with Crippen LogP contribution in [0.4, 0.5) is 0 Å². The van der Waals surface area contributed by atoms with Gasteiger partial charge in [0, 0.05) is 13.2 Å². The van der Waals surface area contributed by atoms with Crippen LogP contribution in [0.15, 0.2) is 4.99 Å². The molecule has 4 nitrogen and oxygen atoms in total. The summed E-state index contributed by atoms with van der Waals surface area (Å²) in [7, 11) is 0. The Balaban J connectivity index is 4.11. The van der Waals surface area contributed by atoms with Gasteiger partial charge in [0.1, 0.15) is 0 Å². The Hall–Kier alpha value is -0.770. The van der Waals surface area contributed by atoms with Gasteiger partial charge in [-0.05, 0) is 18.8 Å². The van der Waals surface area contributed by atoms with E-state index >= 15 is 0 Å². The van der Waals surface area contributed by atoms with E-state index in [1.807, 2.05) is 6.92 Å². The maximum atomic E-state index is 5.82. The molecule has 0 aliphatic heterocycles. The Bertz CT molecular complexity index is 202. The number of aliphatic imine (C=N–C) groups is 1. The third-order valence-electron chi connectivity index (χ3n) is 2.27. The number of nitrogens with one attached hydrogen (secondary N) is 1. The maximum absolute atomic E-state index is 5.82. The molecule has 0 radical (unpaired) electrons. The molecule has 0 aromatic carbocycles. The number of rotatable bonds is 7. The quantitative estimate of drug-likeness (QED) is 0.515. The maximum Gasteiger partial charge on any atom is 0.188 e. The van der Waals surface area contributed by atoms with Crippen LogP contribution < -0.4 is 11.1 Å². The minimum absolute atomic E-state index is 0.232. The number of hydrogen-bond donors (Lipinski definition) is 2. The second kappa shape index (κ2) is 8.39. The Labute approximate surface area is 99.7 Å². The summed E-state index contributed by atoms with van der Waals surface area (Å²) in [6.45, 7) is 12.7. The van der Waals surface area contributed by atoms with Gasteiger partial charge in [-0.1, -0.05) is 27.7 Å². The van der Waals surface area contributed by atoms with Crippen LogP contribution in [0, 0.1) is 11.8 Å². The average molecular weight is 229 g/mol. The fourth-order valence-electron chi connectivity index (χ4n) is 1.16. The van der Waals surface area contributed by atoms with E-state index in [1.165, 1.54) is 0 Å². The molecule has 0 rings (SSSR count). The van der Waals surface area contributed by atoms with Crippen LogP contribution in [-0.2, 0) is 4.74 Å². The van der Waals surface area contributed by atoms with Gasteiger partial charge in [-0.15, -0.1) is 0 Å². The number of nitrogens with zero attached hydrogens (tertiary/aromatic N) is 1. The summed E-state index contributed by atoms with van der Waals surface area (Å²) in [6, 6.07) is 0.232. The van der Waals surface area contributed by atoms with E-state index < -0.39 is 0 Å². The lowest BCUT2D eigenvalue weighted by Crippen LogP contribution is -2.45. The van der Waals surface area contributed by atoms with Gasteiger partial charge < -0.3 is 15.8 Å². The van der Waals surface area contributed by atoms with Gasteiger partial charge in [-0.2, -0.15) is 0 Å². The van der Waals surface area contributed by atoms with Crippen molar-refractivity contribution in [1.29, 1.82) is 0 Å². The summed E-state index contributed by atoms with van der Waals surface area (Å²) in [6.07, 6.45) is 0. The zero-order valence-electron chi connectivity index (χ0n) is 11.3. The van der Waals surface area contributed by atoms with E-state index in [1.54, 1.807) is 0 Å². The van der Waals surface area contributed by atoms with Gasteiger partial charge in [0.15, 0.2) is 5.96 Å². The highest BCUT2D eigenvalue weighted by Gasteiger charge is 2.13. The lowest BCUT2D eigenvalue weighted by Gasteiger charge is -2.22. The summed E-state index contributed by atoms with van der Waals surface area (Å²) >= 11 is 0. The average Bonchev–Trinajstić information content (AvgIpc) is 2.20. The molecule has 0 aliphatic carbocycles. The minimum atomic E-state index is 0.232. The molecular formula is C12H27N3O. The third kappa shape index (κ3) is 7.51. The molecule has 0 heterocycles. The lowest BCUT2D eigenvalue weighted by molar-refractivity contribution is 0.115. The predicted molar refractivity (Wildman–Crippen MR) is 69.6 cm³/mol. The zero-order chi connectivity index (χ0) is 12.6. The topological polar surface area (TPSA) is 59.6 Å². The van der Waals surface area contributed by atoms with Crippen molar-refractivity contribution in [3.63, 3.8) is 0 Å². The molecule has 1 atom stereocenters. The number of nitrogens with two attached hydrogens (primary N) is 1. The van der Waals surface area contributed by atoms with Crippen LogP contribution in [0.5, 0.6) is 0 Å². The number of ether oxygens (including phenoxy) is 1. The summed E-state index contributed by atoms with van der Waals surface area (Å²) in [5, 5.41) is 3.21. The first-order valence-electron chi connectivity index (χ1n) is 6.11. The van der Waals surface area contributed by atoms with Crippen molar-refractivity contribution in [3.8, 4) is 0 Å². The van der Waals surface area contributed by atoms with Crippen LogP contribution in [0.3, 0.4) is 0 Å². The van der Waals surface area contributed by atoms with Crippen LogP contribution in [0.25, 0.3) is 0 Å². The highest BCUT2D eigenvalue weighted by molar-refractivity contribution is 5.78. The van der Waals surface area contributed by atoms with Crippen LogP contribution in [0.1, 0.15) is 34.6 Å². The molecule has 0 aromatic rings. The molecule has 1 unspecified atom stereocenters. The standard InChI is InChI=1S/C12H27N3O/c1-6-16-8-11(10(4)5)15-12(13)14-7-9(2)3/h9-11H,6-8H2,1-5H3,(H3,13,14,15). The van der Waals surface area contributed by atoms with Gasteiger partial charge in [0.05, 0.1) is 12.6 Å². The molecule has 3 N–H and O–H groups in total. The normalized spacial score (nSPS) is 14.6. The second-order valence-electron chi connectivity index (χ2n) is 4.77. The van der Waals surface area contributed by atoms with E-state index in [-0.39, 0.29) is 6.04 Å². The Morgan fingerprint density at radius 2 is 1.94 bits per heavy atom. The molecule has 0 aromatic heterocycles. The molecule has 0 aliphatic rings.